The minimum atomic E-state index is -0.378. The zero-order valence-electron chi connectivity index (χ0n) is 20.2. The van der Waals surface area contributed by atoms with Gasteiger partial charge in [-0.15, -0.1) is 0 Å². The Morgan fingerprint density at radius 3 is 2.56 bits per heavy atom. The molecule has 4 rings (SSSR count). The van der Waals surface area contributed by atoms with Crippen molar-refractivity contribution in [2.24, 2.45) is 0 Å². The number of benzene rings is 3. The summed E-state index contributed by atoms with van der Waals surface area (Å²) in [6.45, 7) is 2.80. The quantitative estimate of drug-likeness (QED) is 0.424. The van der Waals surface area contributed by atoms with E-state index in [0.717, 1.165) is 12.2 Å². The number of nitrogens with zero attached hydrogens (tertiary/aromatic N) is 1. The highest BCUT2D eigenvalue weighted by molar-refractivity contribution is 6.01. The van der Waals surface area contributed by atoms with E-state index in [4.69, 9.17) is 9.47 Å². The molecule has 3 amide bonds. The van der Waals surface area contributed by atoms with Gasteiger partial charge < -0.3 is 25.0 Å². The second kappa shape index (κ2) is 11.9. The monoisotopic (exact) mass is 487 g/mol. The second-order valence-electron chi connectivity index (χ2n) is 8.31. The maximum absolute atomic E-state index is 12.6. The molecule has 0 aromatic heterocycles. The number of carbonyl (C=O) groups is 3. The normalized spacial score (nSPS) is 12.4. The fourth-order valence-electron chi connectivity index (χ4n) is 3.82. The molecule has 8 heteroatoms. The summed E-state index contributed by atoms with van der Waals surface area (Å²) in [5.41, 5.74) is 2.82. The molecule has 1 heterocycles. The van der Waals surface area contributed by atoms with Gasteiger partial charge >= 0.3 is 0 Å². The van der Waals surface area contributed by atoms with Crippen LogP contribution in [0, 0.1) is 0 Å². The van der Waals surface area contributed by atoms with Crippen LogP contribution in [0.4, 0.5) is 11.4 Å². The first-order valence-electron chi connectivity index (χ1n) is 12.0. The average molecular weight is 488 g/mol. The zero-order valence-corrected chi connectivity index (χ0v) is 20.2. The van der Waals surface area contributed by atoms with Crippen LogP contribution < -0.4 is 25.0 Å². The number of nitrogens with one attached hydrogen (secondary N) is 2. The molecule has 2 N–H and O–H groups in total. The number of aryl methyl sites for hydroxylation is 1. The molecule has 0 atom stereocenters. The molecule has 36 heavy (non-hydrogen) atoms. The van der Waals surface area contributed by atoms with E-state index < -0.39 is 0 Å². The third-order valence-corrected chi connectivity index (χ3v) is 5.76. The van der Waals surface area contributed by atoms with Crippen molar-refractivity contribution < 1.29 is 23.9 Å². The van der Waals surface area contributed by atoms with Crippen molar-refractivity contribution in [3.8, 4) is 11.5 Å². The van der Waals surface area contributed by atoms with Crippen LogP contribution in [0.15, 0.2) is 72.8 Å². The molecule has 0 radical (unpaired) electrons. The molecule has 1 aliphatic heterocycles. The smallest absolute Gasteiger partial charge is 0.265 e. The molecular formula is C28H29N3O5. The van der Waals surface area contributed by atoms with Crippen molar-refractivity contribution >= 4 is 29.1 Å². The van der Waals surface area contributed by atoms with E-state index in [1.807, 2.05) is 30.3 Å². The molecule has 3 aromatic carbocycles. The Labute approximate surface area is 210 Å². The highest BCUT2D eigenvalue weighted by atomic mass is 16.5. The molecule has 0 aliphatic carbocycles. The summed E-state index contributed by atoms with van der Waals surface area (Å²) >= 11 is 0. The van der Waals surface area contributed by atoms with Gasteiger partial charge in [-0.1, -0.05) is 37.3 Å². The van der Waals surface area contributed by atoms with E-state index in [1.165, 1.54) is 5.56 Å². The number of rotatable bonds is 10. The van der Waals surface area contributed by atoms with Crippen LogP contribution in [-0.4, -0.2) is 44.0 Å². The number of ether oxygens (including phenoxy) is 2. The van der Waals surface area contributed by atoms with E-state index >= 15 is 0 Å². The largest absolute Gasteiger partial charge is 0.494 e. The standard InChI is InChI=1S/C28H29N3O5/c1-2-20-9-12-23(13-10-20)35-16-6-15-31-24-17-22(11-14-25(24)36-19-27(31)33)30-26(32)18-29-28(34)21-7-4-3-5-8-21/h3-5,7-14,17H,2,6,15-16,18-19H2,1H3,(H,29,34)(H,30,32). The second-order valence-corrected chi connectivity index (χ2v) is 8.31. The summed E-state index contributed by atoms with van der Waals surface area (Å²) in [6.07, 6.45) is 1.60. The van der Waals surface area contributed by atoms with Crippen LogP contribution >= 0.6 is 0 Å². The lowest BCUT2D eigenvalue weighted by molar-refractivity contribution is -0.121. The molecule has 0 saturated heterocycles. The predicted octanol–water partition coefficient (Wildman–Crippen LogP) is 3.81. The maximum Gasteiger partial charge on any atom is 0.265 e. The average Bonchev–Trinajstić information content (AvgIpc) is 2.91. The molecular weight excluding hydrogens is 458 g/mol. The highest BCUT2D eigenvalue weighted by Crippen LogP contribution is 2.34. The SMILES string of the molecule is CCc1ccc(OCCCN2C(=O)COc3ccc(NC(=O)CNC(=O)c4ccccc4)cc32)cc1. The fourth-order valence-corrected chi connectivity index (χ4v) is 3.82. The predicted molar refractivity (Wildman–Crippen MR) is 138 cm³/mol. The van der Waals surface area contributed by atoms with E-state index in [-0.39, 0.29) is 30.9 Å². The Kier molecular flexibility index (Phi) is 8.18. The van der Waals surface area contributed by atoms with Gasteiger partial charge in [-0.25, -0.2) is 0 Å². The topological polar surface area (TPSA) is 97.0 Å². The van der Waals surface area contributed by atoms with Gasteiger partial charge in [0.2, 0.25) is 5.91 Å². The van der Waals surface area contributed by atoms with E-state index in [9.17, 15) is 14.4 Å². The number of carbonyl (C=O) groups excluding carboxylic acids is 3. The van der Waals surface area contributed by atoms with Gasteiger partial charge in [0, 0.05) is 17.8 Å². The Bertz CT molecular complexity index is 1210. The van der Waals surface area contributed by atoms with Crippen LogP contribution in [0.2, 0.25) is 0 Å². The zero-order chi connectivity index (χ0) is 25.3. The molecule has 3 aromatic rings. The first kappa shape index (κ1) is 24.8. The van der Waals surface area contributed by atoms with Crippen molar-refractivity contribution in [1.29, 1.82) is 0 Å². The van der Waals surface area contributed by atoms with Crippen LogP contribution in [0.5, 0.6) is 11.5 Å². The number of hydrogen-bond donors (Lipinski definition) is 2. The van der Waals surface area contributed by atoms with Gasteiger partial charge in [0.25, 0.3) is 11.8 Å². The van der Waals surface area contributed by atoms with Crippen molar-refractivity contribution in [2.45, 2.75) is 19.8 Å². The lowest BCUT2D eigenvalue weighted by Crippen LogP contribution is -2.40. The van der Waals surface area contributed by atoms with Crippen LogP contribution in [0.3, 0.4) is 0 Å². The molecule has 0 unspecified atom stereocenters. The summed E-state index contributed by atoms with van der Waals surface area (Å²) in [5.74, 6) is 0.501. The van der Waals surface area contributed by atoms with Gasteiger partial charge in [0.1, 0.15) is 11.5 Å². The molecule has 0 bridgehead atoms. The number of amides is 3. The third-order valence-electron chi connectivity index (χ3n) is 5.76. The Morgan fingerprint density at radius 2 is 1.81 bits per heavy atom. The van der Waals surface area contributed by atoms with Gasteiger partial charge in [-0.05, 0) is 60.9 Å². The Morgan fingerprint density at radius 1 is 1.03 bits per heavy atom. The van der Waals surface area contributed by atoms with E-state index in [2.05, 4.69) is 17.6 Å². The summed E-state index contributed by atoms with van der Waals surface area (Å²) in [5, 5.41) is 5.36. The molecule has 186 valence electrons. The number of anilines is 2. The van der Waals surface area contributed by atoms with Gasteiger partial charge in [-0.2, -0.15) is 0 Å². The van der Waals surface area contributed by atoms with Crippen molar-refractivity contribution in [1.82, 2.24) is 5.32 Å². The van der Waals surface area contributed by atoms with Crippen molar-refractivity contribution in [3.63, 3.8) is 0 Å². The van der Waals surface area contributed by atoms with Crippen LogP contribution in [0.1, 0.15) is 29.3 Å². The molecule has 0 saturated carbocycles. The first-order chi connectivity index (χ1) is 17.5. The molecule has 0 spiro atoms. The summed E-state index contributed by atoms with van der Waals surface area (Å²) in [4.78, 5) is 38.8. The summed E-state index contributed by atoms with van der Waals surface area (Å²) < 4.78 is 11.4. The van der Waals surface area contributed by atoms with E-state index in [1.54, 1.807) is 47.4 Å². The van der Waals surface area contributed by atoms with Gasteiger partial charge in [0.05, 0.1) is 18.8 Å². The third kappa shape index (κ3) is 6.41. The molecule has 8 nitrogen and oxygen atoms in total. The number of fused-ring (bicyclic) bond motifs is 1. The van der Waals surface area contributed by atoms with E-state index in [0.29, 0.717) is 42.3 Å². The van der Waals surface area contributed by atoms with Crippen LogP contribution in [0.25, 0.3) is 0 Å². The maximum atomic E-state index is 12.6. The molecule has 1 aliphatic rings. The van der Waals surface area contributed by atoms with Gasteiger partial charge in [-0.3, -0.25) is 14.4 Å². The Hall–Kier alpha value is -4.33. The van der Waals surface area contributed by atoms with Gasteiger partial charge in [0.15, 0.2) is 6.61 Å². The first-order valence-corrected chi connectivity index (χ1v) is 12.0. The van der Waals surface area contributed by atoms with Crippen molar-refractivity contribution in [3.05, 3.63) is 83.9 Å². The lowest BCUT2D eigenvalue weighted by atomic mass is 10.2. The van der Waals surface area contributed by atoms with Crippen molar-refractivity contribution in [2.75, 3.05) is 36.5 Å². The Balaban J connectivity index is 1.32. The number of hydrogen-bond acceptors (Lipinski definition) is 5. The summed E-state index contributed by atoms with van der Waals surface area (Å²) in [6, 6.07) is 21.8. The molecule has 0 fully saturated rings. The minimum absolute atomic E-state index is 0.0381. The fraction of sp³-hybridized carbons (Fsp3) is 0.250. The lowest BCUT2D eigenvalue weighted by Gasteiger charge is -2.30. The van der Waals surface area contributed by atoms with Crippen LogP contribution in [-0.2, 0) is 16.0 Å². The summed E-state index contributed by atoms with van der Waals surface area (Å²) in [7, 11) is 0. The minimum Gasteiger partial charge on any atom is -0.494 e. The highest BCUT2D eigenvalue weighted by Gasteiger charge is 2.25.